The van der Waals surface area contributed by atoms with E-state index < -0.39 is 0 Å². The van der Waals surface area contributed by atoms with Gasteiger partial charge in [0.25, 0.3) is 0 Å². The van der Waals surface area contributed by atoms with E-state index in [1.807, 2.05) is 0 Å². The Balaban J connectivity index is 1.37. The number of hydrogen-bond donors (Lipinski definition) is 1. The molecule has 1 aromatic rings. The van der Waals surface area contributed by atoms with E-state index in [0.717, 1.165) is 36.3 Å². The Hall–Kier alpha value is -0.820. The van der Waals surface area contributed by atoms with Crippen LogP contribution in [0.4, 0.5) is 0 Å². The van der Waals surface area contributed by atoms with Crippen LogP contribution in [0, 0.1) is 30.6 Å². The van der Waals surface area contributed by atoms with Crippen LogP contribution < -0.4 is 5.32 Å². The molecule has 4 rings (SSSR count). The van der Waals surface area contributed by atoms with Gasteiger partial charge >= 0.3 is 0 Å². The normalized spacial score (nSPS) is 41.6. The molecule has 4 atom stereocenters. The molecule has 0 spiro atoms. The largest absolute Gasteiger partial charge is 0.309 e. The molecule has 2 bridgehead atoms. The molecule has 0 saturated heterocycles. The van der Waals surface area contributed by atoms with Gasteiger partial charge in [-0.1, -0.05) is 29.8 Å². The van der Waals surface area contributed by atoms with Gasteiger partial charge in [0.15, 0.2) is 0 Å². The summed E-state index contributed by atoms with van der Waals surface area (Å²) in [6.45, 7) is 3.22. The van der Waals surface area contributed by atoms with Gasteiger partial charge < -0.3 is 5.32 Å². The number of benzene rings is 1. The summed E-state index contributed by atoms with van der Waals surface area (Å²) in [6, 6.07) is 9.81. The lowest BCUT2D eigenvalue weighted by atomic mass is 10.0. The van der Waals surface area contributed by atoms with Crippen LogP contribution in [-0.4, -0.2) is 6.04 Å². The topological polar surface area (TPSA) is 12.0 Å². The zero-order valence-electron chi connectivity index (χ0n) is 10.5. The number of aryl methyl sites for hydroxylation is 1. The molecule has 1 nitrogen and oxygen atoms in total. The second kappa shape index (κ2) is 3.58. The van der Waals surface area contributed by atoms with Crippen molar-refractivity contribution in [1.82, 2.24) is 5.32 Å². The number of hydrogen-bond acceptors (Lipinski definition) is 1. The molecule has 3 fully saturated rings. The van der Waals surface area contributed by atoms with Crippen LogP contribution in [0.15, 0.2) is 24.3 Å². The van der Waals surface area contributed by atoms with E-state index in [4.69, 9.17) is 0 Å². The highest BCUT2D eigenvalue weighted by atomic mass is 15.0. The van der Waals surface area contributed by atoms with Gasteiger partial charge in [0, 0.05) is 12.6 Å². The van der Waals surface area contributed by atoms with Crippen molar-refractivity contribution in [3.05, 3.63) is 35.4 Å². The molecule has 0 aromatic heterocycles. The average Bonchev–Trinajstić information content (AvgIpc) is 2.74. The van der Waals surface area contributed by atoms with Crippen molar-refractivity contribution >= 4 is 0 Å². The summed E-state index contributed by atoms with van der Waals surface area (Å²) >= 11 is 0. The lowest BCUT2D eigenvalue weighted by Crippen LogP contribution is -2.22. The SMILES string of the molecule is Cc1ccc(CNC2C3C4CCC(C4)C23)cc1. The van der Waals surface area contributed by atoms with Crippen molar-refractivity contribution in [2.24, 2.45) is 23.7 Å². The minimum atomic E-state index is 0.863. The van der Waals surface area contributed by atoms with E-state index in [1.54, 1.807) is 6.42 Å². The monoisotopic (exact) mass is 227 g/mol. The lowest BCUT2D eigenvalue weighted by molar-refractivity contribution is 0.456. The Labute approximate surface area is 104 Å². The maximum Gasteiger partial charge on any atom is 0.0208 e. The Morgan fingerprint density at radius 3 is 2.35 bits per heavy atom. The predicted octanol–water partition coefficient (Wildman–Crippen LogP) is 3.13. The summed E-state index contributed by atoms with van der Waals surface area (Å²) in [5, 5.41) is 3.80. The predicted molar refractivity (Wildman–Crippen MR) is 69.6 cm³/mol. The molecular formula is C16H21N. The second-order valence-corrected chi connectivity index (χ2v) is 6.38. The highest BCUT2D eigenvalue weighted by Gasteiger charge is 2.64. The van der Waals surface area contributed by atoms with Crippen LogP contribution in [0.1, 0.15) is 30.4 Å². The smallest absolute Gasteiger partial charge is 0.0208 e. The Morgan fingerprint density at radius 1 is 1.06 bits per heavy atom. The fraction of sp³-hybridized carbons (Fsp3) is 0.625. The fourth-order valence-electron chi connectivity index (χ4n) is 4.54. The molecule has 3 aliphatic rings. The van der Waals surface area contributed by atoms with Crippen LogP contribution in [0.2, 0.25) is 0 Å². The number of nitrogens with one attached hydrogen (secondary N) is 1. The van der Waals surface area contributed by atoms with E-state index in [0.29, 0.717) is 0 Å². The molecule has 0 amide bonds. The van der Waals surface area contributed by atoms with Gasteiger partial charge in [0.2, 0.25) is 0 Å². The highest BCUT2D eigenvalue weighted by Crippen LogP contribution is 2.65. The van der Waals surface area contributed by atoms with Crippen molar-refractivity contribution in [1.29, 1.82) is 0 Å². The number of rotatable bonds is 3. The summed E-state index contributed by atoms with van der Waals surface area (Å²) in [5.74, 6) is 4.28. The molecule has 90 valence electrons. The number of fused-ring (bicyclic) bond motifs is 5. The van der Waals surface area contributed by atoms with Crippen LogP contribution in [0.25, 0.3) is 0 Å². The first-order valence-electron chi connectivity index (χ1n) is 7.12. The van der Waals surface area contributed by atoms with Crippen molar-refractivity contribution < 1.29 is 0 Å². The molecule has 4 unspecified atom stereocenters. The molecule has 3 saturated carbocycles. The third kappa shape index (κ3) is 1.55. The quantitative estimate of drug-likeness (QED) is 0.836. The molecule has 0 heterocycles. The zero-order valence-corrected chi connectivity index (χ0v) is 10.5. The summed E-state index contributed by atoms with van der Waals surface area (Å²) in [6.07, 6.45) is 4.60. The molecule has 1 N–H and O–H groups in total. The van der Waals surface area contributed by atoms with Gasteiger partial charge in [-0.05, 0) is 55.4 Å². The van der Waals surface area contributed by atoms with Crippen molar-refractivity contribution in [2.45, 2.75) is 38.8 Å². The standard InChI is InChI=1S/C16H21N/c1-10-2-4-11(5-3-10)9-17-16-14-12-6-7-13(8-12)15(14)16/h2-5,12-17H,6-9H2,1H3. The second-order valence-electron chi connectivity index (χ2n) is 6.38. The first kappa shape index (κ1) is 10.1. The Bertz CT molecular complexity index is 406. The van der Waals surface area contributed by atoms with Crippen LogP contribution in [-0.2, 0) is 6.54 Å². The molecule has 1 aromatic carbocycles. The third-order valence-electron chi connectivity index (χ3n) is 5.40. The molecule has 0 aliphatic heterocycles. The summed E-state index contributed by atoms with van der Waals surface area (Å²) in [7, 11) is 0. The summed E-state index contributed by atoms with van der Waals surface area (Å²) in [4.78, 5) is 0. The van der Waals surface area contributed by atoms with Gasteiger partial charge in [-0.25, -0.2) is 0 Å². The summed E-state index contributed by atoms with van der Waals surface area (Å²) in [5.41, 5.74) is 2.79. The third-order valence-corrected chi connectivity index (χ3v) is 5.40. The van der Waals surface area contributed by atoms with Gasteiger partial charge in [-0.15, -0.1) is 0 Å². The van der Waals surface area contributed by atoms with Crippen molar-refractivity contribution in [3.63, 3.8) is 0 Å². The molecular weight excluding hydrogens is 206 g/mol. The van der Waals surface area contributed by atoms with Crippen LogP contribution in [0.3, 0.4) is 0 Å². The fourth-order valence-corrected chi connectivity index (χ4v) is 4.54. The minimum absolute atomic E-state index is 0.863. The minimum Gasteiger partial charge on any atom is -0.309 e. The average molecular weight is 227 g/mol. The Morgan fingerprint density at radius 2 is 1.71 bits per heavy atom. The van der Waals surface area contributed by atoms with Gasteiger partial charge in [-0.2, -0.15) is 0 Å². The van der Waals surface area contributed by atoms with E-state index in [-0.39, 0.29) is 0 Å². The molecule has 3 aliphatic carbocycles. The molecule has 1 heteroatoms. The van der Waals surface area contributed by atoms with E-state index in [2.05, 4.69) is 36.5 Å². The van der Waals surface area contributed by atoms with Crippen molar-refractivity contribution in [2.75, 3.05) is 0 Å². The lowest BCUT2D eigenvalue weighted by Gasteiger charge is -2.10. The maximum absolute atomic E-state index is 3.80. The van der Waals surface area contributed by atoms with Gasteiger partial charge in [-0.3, -0.25) is 0 Å². The van der Waals surface area contributed by atoms with Gasteiger partial charge in [0.1, 0.15) is 0 Å². The molecule has 0 radical (unpaired) electrons. The highest BCUT2D eigenvalue weighted by molar-refractivity contribution is 5.22. The van der Waals surface area contributed by atoms with Gasteiger partial charge in [0.05, 0.1) is 0 Å². The maximum atomic E-state index is 3.80. The van der Waals surface area contributed by atoms with Crippen molar-refractivity contribution in [3.8, 4) is 0 Å². The van der Waals surface area contributed by atoms with Crippen LogP contribution in [0.5, 0.6) is 0 Å². The van der Waals surface area contributed by atoms with E-state index in [9.17, 15) is 0 Å². The first-order valence-corrected chi connectivity index (χ1v) is 7.12. The van der Waals surface area contributed by atoms with E-state index >= 15 is 0 Å². The summed E-state index contributed by atoms with van der Waals surface area (Å²) < 4.78 is 0. The molecule has 17 heavy (non-hydrogen) atoms. The first-order chi connectivity index (χ1) is 8.33. The zero-order chi connectivity index (χ0) is 11.4. The van der Waals surface area contributed by atoms with Crippen LogP contribution >= 0.6 is 0 Å². The Kier molecular flexibility index (Phi) is 2.14. The van der Waals surface area contributed by atoms with E-state index in [1.165, 1.54) is 24.0 Å².